The Kier molecular flexibility index (Phi) is 9.06. The van der Waals surface area contributed by atoms with Gasteiger partial charge in [0.1, 0.15) is 11.2 Å². The number of hydrogen-bond donors (Lipinski definition) is 0. The monoisotopic (exact) mass is 821 g/mol. The summed E-state index contributed by atoms with van der Waals surface area (Å²) in [6.45, 7) is 0. The number of furan rings is 1. The van der Waals surface area contributed by atoms with E-state index >= 15 is 0 Å². The fourth-order valence-corrected chi connectivity index (χ4v) is 10.6. The smallest absolute Gasteiger partial charge is 0.143 e. The van der Waals surface area contributed by atoms with E-state index in [1.54, 1.807) is 0 Å². The normalized spacial score (nSPS) is 11.5. The highest BCUT2D eigenvalue weighted by atomic mass is 32.1. The van der Waals surface area contributed by atoms with Crippen molar-refractivity contribution in [1.29, 1.82) is 0 Å². The van der Waals surface area contributed by atoms with Crippen molar-refractivity contribution in [2.24, 2.45) is 0 Å². The minimum atomic E-state index is 0.883. The lowest BCUT2D eigenvalue weighted by atomic mass is 9.89. The Labute approximate surface area is 370 Å². The molecule has 0 spiro atoms. The highest BCUT2D eigenvalue weighted by Gasteiger charge is 2.24. The van der Waals surface area contributed by atoms with Gasteiger partial charge in [-0.2, -0.15) is 0 Å². The molecule has 0 bridgehead atoms. The van der Waals surface area contributed by atoms with Crippen LogP contribution in [0.3, 0.4) is 0 Å². The number of rotatable bonds is 8. The van der Waals surface area contributed by atoms with Crippen LogP contribution in [0, 0.1) is 0 Å². The number of benzene rings is 10. The van der Waals surface area contributed by atoms with Crippen molar-refractivity contribution in [3.05, 3.63) is 237 Å². The second-order valence-corrected chi connectivity index (χ2v) is 17.1. The van der Waals surface area contributed by atoms with Crippen LogP contribution in [0.25, 0.3) is 97.7 Å². The van der Waals surface area contributed by atoms with Crippen LogP contribution in [0.2, 0.25) is 0 Å². The zero-order chi connectivity index (χ0) is 41.7. The molecule has 10 aromatic carbocycles. The molecule has 63 heavy (non-hydrogen) atoms. The summed E-state index contributed by atoms with van der Waals surface area (Å²) in [6, 6.07) is 85.4. The Morgan fingerprint density at radius 2 is 0.905 bits per heavy atom. The first-order valence-electron chi connectivity index (χ1n) is 21.4. The zero-order valence-electron chi connectivity index (χ0n) is 34.3. The van der Waals surface area contributed by atoms with Gasteiger partial charge in [-0.25, -0.2) is 0 Å². The first-order chi connectivity index (χ1) is 31.2. The molecule has 0 saturated carbocycles. The molecule has 0 aliphatic carbocycles. The van der Waals surface area contributed by atoms with Crippen LogP contribution in [0.1, 0.15) is 0 Å². The van der Waals surface area contributed by atoms with Crippen LogP contribution >= 0.6 is 11.3 Å². The molecule has 2 nitrogen and oxygen atoms in total. The molecule has 3 heteroatoms. The third kappa shape index (κ3) is 6.50. The Morgan fingerprint density at radius 1 is 0.333 bits per heavy atom. The molecule has 2 aromatic heterocycles. The highest BCUT2D eigenvalue weighted by molar-refractivity contribution is 7.26. The standard InChI is InChI=1S/C60H39NOS/c1-3-16-40(17-4-1)42-34-36-46(37-35-42)61(47-23-12-21-44(39-47)48-26-13-30-54-50-25-8-10-33-57(50)63-60(48)54)55-31-15-27-51(53-29-14-28-52-49-24-7-9-32-56(49)62-59(52)53)58(55)45-22-11-20-43(38-45)41-18-5-2-6-19-41/h1-39H. The molecule has 0 aliphatic rings. The number of anilines is 3. The maximum absolute atomic E-state index is 6.76. The van der Waals surface area contributed by atoms with E-state index in [4.69, 9.17) is 4.42 Å². The van der Waals surface area contributed by atoms with E-state index in [9.17, 15) is 0 Å². The lowest BCUT2D eigenvalue weighted by Gasteiger charge is -2.30. The lowest BCUT2D eigenvalue weighted by Crippen LogP contribution is -2.12. The van der Waals surface area contributed by atoms with Crippen molar-refractivity contribution in [3.8, 4) is 55.6 Å². The number of fused-ring (bicyclic) bond motifs is 6. The van der Waals surface area contributed by atoms with E-state index in [-0.39, 0.29) is 0 Å². The van der Waals surface area contributed by atoms with Gasteiger partial charge in [0.2, 0.25) is 0 Å². The topological polar surface area (TPSA) is 16.4 Å². The van der Waals surface area contributed by atoms with Crippen molar-refractivity contribution in [2.45, 2.75) is 0 Å². The number of para-hydroxylation sites is 2. The average molecular weight is 822 g/mol. The predicted octanol–water partition coefficient (Wildman–Crippen LogP) is 17.8. The Morgan fingerprint density at radius 3 is 1.73 bits per heavy atom. The Bertz CT molecular complexity index is 3620. The maximum Gasteiger partial charge on any atom is 0.143 e. The Balaban J connectivity index is 1.12. The van der Waals surface area contributed by atoms with Gasteiger partial charge in [0.05, 0.1) is 5.69 Å². The van der Waals surface area contributed by atoms with Gasteiger partial charge in [0, 0.05) is 53.4 Å². The second-order valence-electron chi connectivity index (χ2n) is 16.0. The van der Waals surface area contributed by atoms with Crippen LogP contribution < -0.4 is 4.90 Å². The van der Waals surface area contributed by atoms with Crippen molar-refractivity contribution >= 4 is 70.5 Å². The Hall–Kier alpha value is -7.98. The molecule has 0 radical (unpaired) electrons. The van der Waals surface area contributed by atoms with Gasteiger partial charge >= 0.3 is 0 Å². The second kappa shape index (κ2) is 15.5. The van der Waals surface area contributed by atoms with E-state index in [0.29, 0.717) is 0 Å². The average Bonchev–Trinajstić information content (AvgIpc) is 3.94. The molecule has 12 aromatic rings. The molecular formula is C60H39NOS. The van der Waals surface area contributed by atoms with Crippen LogP contribution in [0.5, 0.6) is 0 Å². The van der Waals surface area contributed by atoms with Gasteiger partial charge in [0.15, 0.2) is 0 Å². The fraction of sp³-hybridized carbons (Fsp3) is 0. The maximum atomic E-state index is 6.76. The van der Waals surface area contributed by atoms with Gasteiger partial charge in [-0.15, -0.1) is 11.3 Å². The molecule has 0 N–H and O–H groups in total. The van der Waals surface area contributed by atoms with E-state index < -0.39 is 0 Å². The molecular weight excluding hydrogens is 783 g/mol. The quantitative estimate of drug-likeness (QED) is 0.152. The zero-order valence-corrected chi connectivity index (χ0v) is 35.1. The van der Waals surface area contributed by atoms with Gasteiger partial charge in [-0.1, -0.05) is 188 Å². The summed E-state index contributed by atoms with van der Waals surface area (Å²) in [5.41, 5.74) is 16.4. The number of nitrogens with zero attached hydrogens (tertiary/aromatic N) is 1. The van der Waals surface area contributed by atoms with E-state index in [1.807, 2.05) is 17.4 Å². The molecule has 2 heterocycles. The molecule has 0 saturated heterocycles. The van der Waals surface area contributed by atoms with Gasteiger partial charge in [-0.05, 0) is 93.0 Å². The largest absolute Gasteiger partial charge is 0.455 e. The van der Waals surface area contributed by atoms with Crippen molar-refractivity contribution < 1.29 is 4.42 Å². The van der Waals surface area contributed by atoms with Gasteiger partial charge in [0.25, 0.3) is 0 Å². The summed E-state index contributed by atoms with van der Waals surface area (Å²) in [5, 5.41) is 4.81. The molecule has 0 amide bonds. The molecule has 0 unspecified atom stereocenters. The summed E-state index contributed by atoms with van der Waals surface area (Å²) in [7, 11) is 0. The van der Waals surface area contributed by atoms with Gasteiger partial charge < -0.3 is 9.32 Å². The lowest BCUT2D eigenvalue weighted by molar-refractivity contribution is 0.670. The number of hydrogen-bond acceptors (Lipinski definition) is 3. The SMILES string of the molecule is c1ccc(-c2ccc(N(c3cccc(-c4cccc5c4sc4ccccc45)c3)c3cccc(-c4cccc5c4oc4ccccc45)c3-c3cccc(-c4ccccc4)c3)cc2)cc1. The molecule has 0 aliphatic heterocycles. The molecule has 0 fully saturated rings. The van der Waals surface area contributed by atoms with Crippen molar-refractivity contribution in [3.63, 3.8) is 0 Å². The third-order valence-electron chi connectivity index (χ3n) is 12.3. The van der Waals surface area contributed by atoms with Crippen LogP contribution in [0.15, 0.2) is 241 Å². The van der Waals surface area contributed by atoms with Gasteiger partial charge in [-0.3, -0.25) is 0 Å². The summed E-state index contributed by atoms with van der Waals surface area (Å²) < 4.78 is 9.36. The third-order valence-corrected chi connectivity index (χ3v) is 13.5. The summed E-state index contributed by atoms with van der Waals surface area (Å²) >= 11 is 1.87. The van der Waals surface area contributed by atoms with Crippen molar-refractivity contribution in [2.75, 3.05) is 4.90 Å². The van der Waals surface area contributed by atoms with Crippen molar-refractivity contribution in [1.82, 2.24) is 0 Å². The molecule has 296 valence electrons. The summed E-state index contributed by atoms with van der Waals surface area (Å²) in [4.78, 5) is 2.44. The van der Waals surface area contributed by atoms with E-state index in [2.05, 4.69) is 235 Å². The minimum absolute atomic E-state index is 0.883. The number of thiophene rings is 1. The van der Waals surface area contributed by atoms with Crippen LogP contribution in [-0.4, -0.2) is 0 Å². The van der Waals surface area contributed by atoms with E-state index in [1.165, 1.54) is 48.0 Å². The highest BCUT2D eigenvalue weighted by Crippen LogP contribution is 2.49. The molecule has 0 atom stereocenters. The fourth-order valence-electron chi connectivity index (χ4n) is 9.35. The minimum Gasteiger partial charge on any atom is -0.455 e. The van der Waals surface area contributed by atoms with Crippen LogP contribution in [-0.2, 0) is 0 Å². The summed E-state index contributed by atoms with van der Waals surface area (Å²) in [6.07, 6.45) is 0. The van der Waals surface area contributed by atoms with Crippen LogP contribution in [0.4, 0.5) is 17.1 Å². The predicted molar refractivity (Wildman–Crippen MR) is 268 cm³/mol. The molecule has 12 rings (SSSR count). The first-order valence-corrected chi connectivity index (χ1v) is 22.2. The van der Waals surface area contributed by atoms with E-state index in [0.717, 1.165) is 66.8 Å². The first kappa shape index (κ1) is 36.8. The summed E-state index contributed by atoms with van der Waals surface area (Å²) in [5.74, 6) is 0.